The van der Waals surface area contributed by atoms with Crippen LogP contribution >= 0.6 is 0 Å². The number of anilines is 1. The van der Waals surface area contributed by atoms with Gasteiger partial charge in [0.05, 0.1) is 11.0 Å². The number of rotatable bonds is 5. The topological polar surface area (TPSA) is 114 Å². The predicted octanol–water partition coefficient (Wildman–Crippen LogP) is 2.23. The first-order chi connectivity index (χ1) is 16.5. The van der Waals surface area contributed by atoms with Gasteiger partial charge < -0.3 is 19.8 Å². The van der Waals surface area contributed by atoms with Gasteiger partial charge in [-0.1, -0.05) is 19.1 Å². The lowest BCUT2D eigenvalue weighted by atomic mass is 9.93. The predicted molar refractivity (Wildman–Crippen MR) is 129 cm³/mol. The molecular weight excluding hydrogens is 432 g/mol. The van der Waals surface area contributed by atoms with Gasteiger partial charge in [-0.2, -0.15) is 0 Å². The van der Waals surface area contributed by atoms with E-state index in [-0.39, 0.29) is 23.6 Å². The minimum Gasteiger partial charge on any atom is -0.354 e. The number of hydrogen-bond acceptors (Lipinski definition) is 6. The third-order valence-electron chi connectivity index (χ3n) is 7.20. The third kappa shape index (κ3) is 3.44. The molecule has 2 unspecified atom stereocenters. The Hall–Kier alpha value is -3.69. The molecule has 4 aromatic rings. The molecule has 1 aliphatic heterocycles. The zero-order valence-corrected chi connectivity index (χ0v) is 19.4. The van der Waals surface area contributed by atoms with Gasteiger partial charge >= 0.3 is 5.69 Å². The number of nitrogens with zero attached hydrogens (tertiary/aromatic N) is 6. The van der Waals surface area contributed by atoms with E-state index in [1.165, 1.54) is 19.2 Å². The van der Waals surface area contributed by atoms with Crippen LogP contribution in [0.4, 0.5) is 5.82 Å². The van der Waals surface area contributed by atoms with E-state index in [0.29, 0.717) is 29.5 Å². The number of aromatic amines is 1. The fraction of sp³-hybridized carbons (Fsp3) is 0.458. The number of benzene rings is 1. The average molecular weight is 461 g/mol. The molecule has 2 aliphatic rings. The summed E-state index contributed by atoms with van der Waals surface area (Å²) in [6.07, 6.45) is 4.69. The first-order valence-electron chi connectivity index (χ1n) is 11.9. The Morgan fingerprint density at radius 2 is 2.03 bits per heavy atom. The van der Waals surface area contributed by atoms with Gasteiger partial charge in [-0.15, -0.1) is 0 Å². The van der Waals surface area contributed by atoms with Crippen molar-refractivity contribution in [3.63, 3.8) is 0 Å². The van der Waals surface area contributed by atoms with Gasteiger partial charge in [0.1, 0.15) is 6.33 Å². The zero-order chi connectivity index (χ0) is 23.4. The van der Waals surface area contributed by atoms with Crippen LogP contribution in [0.3, 0.4) is 0 Å². The molecule has 1 aromatic carbocycles. The Bertz CT molecular complexity index is 1450. The molecule has 34 heavy (non-hydrogen) atoms. The molecule has 0 radical (unpaired) electrons. The van der Waals surface area contributed by atoms with E-state index in [9.17, 15) is 9.59 Å². The van der Waals surface area contributed by atoms with Crippen molar-refractivity contribution in [2.24, 2.45) is 18.9 Å². The number of H-pyrrole nitrogens is 1. The summed E-state index contributed by atoms with van der Waals surface area (Å²) in [5, 5.41) is 2.99. The molecule has 2 N–H and O–H groups in total. The largest absolute Gasteiger partial charge is 0.354 e. The smallest absolute Gasteiger partial charge is 0.326 e. The number of imidazole rings is 2. The molecule has 176 valence electrons. The molecule has 10 nitrogen and oxygen atoms in total. The summed E-state index contributed by atoms with van der Waals surface area (Å²) in [6.45, 7) is 4.31. The molecule has 1 saturated carbocycles. The molecule has 2 atom stereocenters. The Balaban J connectivity index is 1.28. The van der Waals surface area contributed by atoms with Crippen LogP contribution < -0.4 is 15.9 Å². The van der Waals surface area contributed by atoms with Gasteiger partial charge in [0.25, 0.3) is 5.91 Å². The first kappa shape index (κ1) is 20.9. The van der Waals surface area contributed by atoms with Crippen molar-refractivity contribution < 1.29 is 4.79 Å². The Morgan fingerprint density at radius 3 is 2.82 bits per heavy atom. The number of aromatic nitrogens is 6. The van der Waals surface area contributed by atoms with Crippen molar-refractivity contribution in [3.05, 3.63) is 46.9 Å². The van der Waals surface area contributed by atoms with Gasteiger partial charge in [-0.25, -0.2) is 19.7 Å². The highest BCUT2D eigenvalue weighted by atomic mass is 16.2. The number of piperidine rings is 1. The summed E-state index contributed by atoms with van der Waals surface area (Å²) in [5.74, 6) is 1.72. The lowest BCUT2D eigenvalue weighted by Crippen LogP contribution is -2.42. The Morgan fingerprint density at radius 1 is 1.21 bits per heavy atom. The summed E-state index contributed by atoms with van der Waals surface area (Å²) in [5.41, 5.74) is 3.01. The molecule has 2 fully saturated rings. The van der Waals surface area contributed by atoms with Crippen molar-refractivity contribution in [1.29, 1.82) is 0 Å². The number of hydrogen-bond donors (Lipinski definition) is 2. The van der Waals surface area contributed by atoms with Crippen molar-refractivity contribution in [1.82, 2.24) is 34.4 Å². The number of amides is 1. The number of carbonyl (C=O) groups is 1. The second kappa shape index (κ2) is 7.96. The van der Waals surface area contributed by atoms with Crippen LogP contribution in [0, 0.1) is 11.8 Å². The first-order valence-corrected chi connectivity index (χ1v) is 11.9. The minimum absolute atomic E-state index is 0.0671. The van der Waals surface area contributed by atoms with Crippen molar-refractivity contribution in [2.75, 3.05) is 24.5 Å². The minimum atomic E-state index is -0.177. The summed E-state index contributed by atoms with van der Waals surface area (Å²) in [6, 6.07) is 7.91. The lowest BCUT2D eigenvalue weighted by molar-refractivity contribution is 0.0939. The van der Waals surface area contributed by atoms with Crippen LogP contribution in [0.25, 0.3) is 22.2 Å². The second-order valence-corrected chi connectivity index (χ2v) is 9.61. The average Bonchev–Trinajstić information content (AvgIpc) is 3.53. The lowest BCUT2D eigenvalue weighted by Gasteiger charge is -2.38. The van der Waals surface area contributed by atoms with Crippen LogP contribution in [-0.4, -0.2) is 54.6 Å². The van der Waals surface area contributed by atoms with Gasteiger partial charge in [0.15, 0.2) is 17.0 Å². The number of fused-ring (bicyclic) bond motifs is 2. The molecule has 10 heteroatoms. The molecule has 4 heterocycles. The molecule has 3 aromatic heterocycles. The van der Waals surface area contributed by atoms with E-state index in [0.717, 1.165) is 36.4 Å². The highest BCUT2D eigenvalue weighted by Crippen LogP contribution is 2.33. The molecule has 6 rings (SSSR count). The Kier molecular flexibility index (Phi) is 4.89. The molecule has 0 spiro atoms. The molecule has 0 bridgehead atoms. The van der Waals surface area contributed by atoms with Crippen LogP contribution in [0.5, 0.6) is 0 Å². The van der Waals surface area contributed by atoms with E-state index >= 15 is 0 Å². The highest BCUT2D eigenvalue weighted by Gasteiger charge is 2.32. The van der Waals surface area contributed by atoms with E-state index < -0.39 is 0 Å². The third-order valence-corrected chi connectivity index (χ3v) is 7.20. The number of nitrogens with one attached hydrogen (secondary N) is 2. The summed E-state index contributed by atoms with van der Waals surface area (Å²) < 4.78 is 3.64. The van der Waals surface area contributed by atoms with Crippen molar-refractivity contribution in [3.8, 4) is 0 Å². The molecular formula is C24H28N8O2. The molecule has 1 amide bonds. The summed E-state index contributed by atoms with van der Waals surface area (Å²) in [7, 11) is 1.82. The summed E-state index contributed by atoms with van der Waals surface area (Å²) in [4.78, 5) is 44.2. The van der Waals surface area contributed by atoms with Gasteiger partial charge in [-0.05, 0) is 43.2 Å². The van der Waals surface area contributed by atoms with Gasteiger partial charge in [0, 0.05) is 32.7 Å². The fourth-order valence-electron chi connectivity index (χ4n) is 5.17. The van der Waals surface area contributed by atoms with Crippen LogP contribution in [-0.2, 0) is 7.05 Å². The maximum atomic E-state index is 12.7. The number of carbonyl (C=O) groups excluding carboxylic acids is 1. The zero-order valence-electron chi connectivity index (χ0n) is 19.4. The van der Waals surface area contributed by atoms with Crippen molar-refractivity contribution >= 4 is 33.9 Å². The van der Waals surface area contributed by atoms with E-state index in [1.807, 2.05) is 35.9 Å². The van der Waals surface area contributed by atoms with Crippen LogP contribution in [0.1, 0.15) is 42.8 Å². The maximum absolute atomic E-state index is 12.7. The number of para-hydroxylation sites is 2. The quantitative estimate of drug-likeness (QED) is 0.472. The normalized spacial score (nSPS) is 20.8. The molecule has 1 aliphatic carbocycles. The fourth-order valence-corrected chi connectivity index (χ4v) is 5.17. The Labute approximate surface area is 196 Å². The monoisotopic (exact) mass is 460 g/mol. The van der Waals surface area contributed by atoms with Gasteiger partial charge in [-0.3, -0.25) is 9.36 Å². The molecule has 1 saturated heterocycles. The SMILES string of the molecule is CC1CN(c2ncnc3c2nc(C(=O)NCC2CC2)n3C)CCC1n1c(=O)[nH]c2ccccc21. The number of aryl methyl sites for hydroxylation is 1. The standard InChI is InChI=1S/C24H28N8O2/c1-14-12-31(10-9-17(14)32-18-6-4-3-5-16(18)28-24(32)34)21-19-20(26-13-27-21)30(2)22(29-19)23(33)25-11-15-7-8-15/h3-6,13-15,17H,7-12H2,1-2H3,(H,25,33)(H,28,34). The second-order valence-electron chi connectivity index (χ2n) is 9.61. The maximum Gasteiger partial charge on any atom is 0.326 e. The highest BCUT2D eigenvalue weighted by molar-refractivity contribution is 5.96. The van der Waals surface area contributed by atoms with Crippen molar-refractivity contribution in [2.45, 2.75) is 32.2 Å². The van der Waals surface area contributed by atoms with Crippen LogP contribution in [0.15, 0.2) is 35.4 Å². The van der Waals surface area contributed by atoms with Crippen LogP contribution in [0.2, 0.25) is 0 Å². The summed E-state index contributed by atoms with van der Waals surface area (Å²) >= 11 is 0. The van der Waals surface area contributed by atoms with Gasteiger partial charge in [0.2, 0.25) is 5.82 Å². The van der Waals surface area contributed by atoms with E-state index in [1.54, 1.807) is 4.57 Å². The van der Waals surface area contributed by atoms with E-state index in [4.69, 9.17) is 0 Å². The van der Waals surface area contributed by atoms with E-state index in [2.05, 4.69) is 37.1 Å².